The van der Waals surface area contributed by atoms with Crippen molar-refractivity contribution in [2.24, 2.45) is 0 Å². The van der Waals surface area contributed by atoms with Crippen molar-refractivity contribution in [1.82, 2.24) is 4.48 Å². The highest BCUT2D eigenvalue weighted by molar-refractivity contribution is 6.90. The lowest BCUT2D eigenvalue weighted by Crippen LogP contribution is -2.57. The molecule has 0 saturated heterocycles. The van der Waals surface area contributed by atoms with E-state index in [1.54, 1.807) is 0 Å². The lowest BCUT2D eigenvalue weighted by Gasteiger charge is -2.43. The van der Waals surface area contributed by atoms with Gasteiger partial charge in [-0.2, -0.15) is 0 Å². The van der Waals surface area contributed by atoms with E-state index in [-0.39, 0.29) is 17.7 Å². The van der Waals surface area contributed by atoms with Gasteiger partial charge in [0, 0.05) is 72.0 Å². The van der Waals surface area contributed by atoms with E-state index in [9.17, 15) is 0 Å². The summed E-state index contributed by atoms with van der Waals surface area (Å²) in [5.41, 5.74) is 22.4. The van der Waals surface area contributed by atoms with Gasteiger partial charge in [-0.25, -0.2) is 0 Å². The van der Waals surface area contributed by atoms with Crippen LogP contribution in [-0.2, 0) is 10.8 Å². The van der Waals surface area contributed by atoms with Gasteiger partial charge in [0.15, 0.2) is 5.58 Å². The first-order chi connectivity index (χ1) is 34.1. The number of fused-ring (bicyclic) bond motifs is 16. The van der Waals surface area contributed by atoms with Gasteiger partial charge >= 0.3 is 6.85 Å². The second-order valence-corrected chi connectivity index (χ2v) is 21.2. The van der Waals surface area contributed by atoms with Crippen LogP contribution in [0.2, 0.25) is 0 Å². The number of para-hydroxylation sites is 4. The molecule has 4 heterocycles. The normalized spacial score (nSPS) is 14.1. The Morgan fingerprint density at radius 3 is 2.01 bits per heavy atom. The molecule has 0 bridgehead atoms. The van der Waals surface area contributed by atoms with Crippen LogP contribution in [-0.4, -0.2) is 11.3 Å². The molecule has 2 aliphatic heterocycles. The molecular weight excluding hydrogens is 850 g/mol. The second kappa shape index (κ2) is 13.9. The highest BCUT2D eigenvalue weighted by Crippen LogP contribution is 2.59. The number of aromatic nitrogens is 1. The first kappa shape index (κ1) is 39.7. The van der Waals surface area contributed by atoms with E-state index >= 15 is 0 Å². The number of anilines is 6. The molecule has 0 amide bonds. The fourth-order valence-corrected chi connectivity index (χ4v) is 12.9. The third-order valence-electron chi connectivity index (χ3n) is 16.0. The lowest BCUT2D eigenvalue weighted by molar-refractivity contribution is 0.591. The molecule has 2 aromatic heterocycles. The Morgan fingerprint density at radius 1 is 0.529 bits per heavy atom. The predicted octanol–water partition coefficient (Wildman–Crippen LogP) is 16.3. The van der Waals surface area contributed by atoms with Crippen LogP contribution in [0.15, 0.2) is 205 Å². The average molecular weight is 898 g/mol. The Labute approximate surface area is 407 Å². The third-order valence-corrected chi connectivity index (χ3v) is 16.0. The summed E-state index contributed by atoms with van der Waals surface area (Å²) >= 11 is 0. The molecule has 1 aliphatic carbocycles. The summed E-state index contributed by atoms with van der Waals surface area (Å²) in [4.78, 5) is 5.02. The first-order valence-electron chi connectivity index (χ1n) is 24.7. The van der Waals surface area contributed by atoms with Gasteiger partial charge in [-0.3, -0.25) is 0 Å². The van der Waals surface area contributed by atoms with Crippen molar-refractivity contribution in [2.75, 3.05) is 9.80 Å². The lowest BCUT2D eigenvalue weighted by atomic mass is 9.44. The number of nitrogens with zero attached hydrogens (tertiary/aromatic N) is 3. The van der Waals surface area contributed by atoms with Gasteiger partial charge in [0.05, 0.1) is 5.69 Å². The number of hydrogen-bond donors (Lipinski definition) is 0. The molecule has 3 aliphatic rings. The number of furan rings is 1. The van der Waals surface area contributed by atoms with Gasteiger partial charge in [-0.05, 0) is 133 Å². The summed E-state index contributed by atoms with van der Waals surface area (Å²) < 4.78 is 9.83. The van der Waals surface area contributed by atoms with Gasteiger partial charge in [0.2, 0.25) is 0 Å². The van der Waals surface area contributed by atoms with Crippen LogP contribution >= 0.6 is 0 Å². The fraction of sp³-hybridized carbons (Fsp3) is 0.108. The van der Waals surface area contributed by atoms with Gasteiger partial charge in [-0.1, -0.05) is 162 Å². The standard InChI is InChI=1S/C65H48BN3O/c1-64(2,3)40-35-50-49-38-48-45-25-14-16-28-52(45)65(4,5)59(48)62-60(49)66(69-54-34-31-39-19-12-13-24-44(39)58(54)51(36-40)61(50)69)53-33-32-43(67(41-20-8-6-9-21-41)42-22-10-7-11-23-42)37-56(53)68(62)55-29-18-27-47-46-26-15-17-30-57(46)70-63(47)55/h6-38H,1-5H3. The van der Waals surface area contributed by atoms with Gasteiger partial charge < -0.3 is 18.7 Å². The molecular formula is C65H48BN3O. The third kappa shape index (κ3) is 5.22. The molecule has 0 fully saturated rings. The van der Waals surface area contributed by atoms with Crippen LogP contribution in [0.3, 0.4) is 0 Å². The molecule has 0 radical (unpaired) electrons. The minimum absolute atomic E-state index is 0.0960. The van der Waals surface area contributed by atoms with Crippen LogP contribution in [0.5, 0.6) is 0 Å². The van der Waals surface area contributed by atoms with Crippen LogP contribution < -0.4 is 20.7 Å². The maximum absolute atomic E-state index is 7.10. The molecule has 0 saturated carbocycles. The van der Waals surface area contributed by atoms with Crippen molar-refractivity contribution in [3.63, 3.8) is 0 Å². The van der Waals surface area contributed by atoms with E-state index in [1.807, 2.05) is 0 Å². The van der Waals surface area contributed by atoms with Crippen molar-refractivity contribution >= 4 is 106 Å². The maximum Gasteiger partial charge on any atom is 0.333 e. The molecule has 332 valence electrons. The van der Waals surface area contributed by atoms with Crippen LogP contribution in [0, 0.1) is 0 Å². The monoisotopic (exact) mass is 897 g/mol. The minimum Gasteiger partial charge on any atom is -0.454 e. The molecule has 4 nitrogen and oxygen atoms in total. The molecule has 0 spiro atoms. The van der Waals surface area contributed by atoms with E-state index < -0.39 is 0 Å². The molecule has 70 heavy (non-hydrogen) atoms. The Morgan fingerprint density at radius 2 is 1.23 bits per heavy atom. The average Bonchev–Trinajstić information content (AvgIpc) is 4.01. The summed E-state index contributed by atoms with van der Waals surface area (Å²) in [7, 11) is 0. The van der Waals surface area contributed by atoms with Crippen molar-refractivity contribution < 1.29 is 4.42 Å². The minimum atomic E-state index is -0.339. The Hall–Kier alpha value is -8.28. The van der Waals surface area contributed by atoms with Gasteiger partial charge in [-0.15, -0.1) is 0 Å². The maximum atomic E-state index is 7.10. The van der Waals surface area contributed by atoms with Crippen molar-refractivity contribution in [2.45, 2.75) is 45.4 Å². The van der Waals surface area contributed by atoms with Crippen molar-refractivity contribution in [3.8, 4) is 22.3 Å². The van der Waals surface area contributed by atoms with Crippen molar-refractivity contribution in [3.05, 3.63) is 217 Å². The largest absolute Gasteiger partial charge is 0.454 e. The summed E-state index contributed by atoms with van der Waals surface area (Å²) in [6.07, 6.45) is 0. The first-order valence-corrected chi connectivity index (χ1v) is 24.7. The topological polar surface area (TPSA) is 24.6 Å². The highest BCUT2D eigenvalue weighted by Gasteiger charge is 2.49. The summed E-state index contributed by atoms with van der Waals surface area (Å²) in [6, 6.07) is 74.6. The Balaban J connectivity index is 1.15. The summed E-state index contributed by atoms with van der Waals surface area (Å²) in [5, 5.41) is 7.40. The van der Waals surface area contributed by atoms with E-state index in [0.29, 0.717) is 0 Å². The SMILES string of the molecule is CC(C)(C)c1cc2c3c(c1)c1c4ccccc4ccc1n3B1c3ccc(N(c4ccccc4)c4ccccc4)cc3N(c3cccc4c3oc3ccccc34)c3c1c-2cc1c3C(C)(C)c2ccccc2-1. The van der Waals surface area contributed by atoms with Crippen LogP contribution in [0.1, 0.15) is 51.3 Å². The predicted molar refractivity (Wildman–Crippen MR) is 296 cm³/mol. The highest BCUT2D eigenvalue weighted by atomic mass is 16.3. The molecule has 5 heteroatoms. The Kier molecular flexibility index (Phi) is 7.90. The van der Waals surface area contributed by atoms with Gasteiger partial charge in [0.1, 0.15) is 5.58 Å². The summed E-state index contributed by atoms with van der Waals surface area (Å²) in [6.45, 7) is 11.8. The van der Waals surface area contributed by atoms with Crippen molar-refractivity contribution in [1.29, 1.82) is 0 Å². The number of rotatable bonds is 4. The van der Waals surface area contributed by atoms with E-state index in [4.69, 9.17) is 4.42 Å². The smallest absolute Gasteiger partial charge is 0.333 e. The second-order valence-electron chi connectivity index (χ2n) is 21.2. The zero-order valence-corrected chi connectivity index (χ0v) is 39.9. The molecule has 0 unspecified atom stereocenters. The van der Waals surface area contributed by atoms with E-state index in [2.05, 4.69) is 249 Å². The Bertz CT molecular complexity index is 4170. The van der Waals surface area contributed by atoms with Crippen LogP contribution in [0.4, 0.5) is 34.1 Å². The van der Waals surface area contributed by atoms with Crippen LogP contribution in [0.25, 0.3) is 76.8 Å². The molecule has 10 aromatic carbocycles. The zero-order valence-electron chi connectivity index (χ0n) is 39.9. The molecule has 0 N–H and O–H groups in total. The van der Waals surface area contributed by atoms with E-state index in [1.165, 1.54) is 88.1 Å². The van der Waals surface area contributed by atoms with Gasteiger partial charge in [0.25, 0.3) is 0 Å². The van der Waals surface area contributed by atoms with E-state index in [0.717, 1.165) is 50.4 Å². The molecule has 0 atom stereocenters. The quantitative estimate of drug-likeness (QED) is 0.165. The zero-order chi connectivity index (χ0) is 46.8. The number of benzene rings is 10. The molecule has 12 aromatic rings. The molecule has 15 rings (SSSR count). The summed E-state index contributed by atoms with van der Waals surface area (Å²) in [5.74, 6) is 0. The fourth-order valence-electron chi connectivity index (χ4n) is 12.9. The number of hydrogen-bond acceptors (Lipinski definition) is 3.